The number of thiocarbonyl (C=S) groups is 1. The maximum atomic E-state index is 13.3. The van der Waals surface area contributed by atoms with Crippen LogP contribution in [-0.2, 0) is 4.79 Å². The number of nitrogens with zero attached hydrogens (tertiary/aromatic N) is 3. The first-order chi connectivity index (χ1) is 16.0. The van der Waals surface area contributed by atoms with Crippen molar-refractivity contribution in [1.82, 2.24) is 14.3 Å². The van der Waals surface area contributed by atoms with E-state index in [2.05, 4.69) is 31.1 Å². The smallest absolute Gasteiger partial charge is 0.267 e. The highest BCUT2D eigenvalue weighted by Gasteiger charge is 2.33. The molecule has 178 valence electrons. The quantitative estimate of drug-likeness (QED) is 0.235. The number of aromatic nitrogens is 2. The van der Waals surface area contributed by atoms with Gasteiger partial charge in [-0.25, -0.2) is 4.98 Å². The molecular formula is C25H34N4O2S2. The van der Waals surface area contributed by atoms with E-state index in [9.17, 15) is 9.59 Å². The molecule has 1 fully saturated rings. The number of anilines is 1. The van der Waals surface area contributed by atoms with Crippen LogP contribution in [0.4, 0.5) is 5.82 Å². The minimum absolute atomic E-state index is 0.116. The Balaban J connectivity index is 1.92. The van der Waals surface area contributed by atoms with Crippen LogP contribution in [0.25, 0.3) is 11.7 Å². The van der Waals surface area contributed by atoms with Gasteiger partial charge < -0.3 is 5.32 Å². The Labute approximate surface area is 205 Å². The van der Waals surface area contributed by atoms with E-state index in [4.69, 9.17) is 12.2 Å². The van der Waals surface area contributed by atoms with E-state index in [1.807, 2.05) is 12.1 Å². The summed E-state index contributed by atoms with van der Waals surface area (Å²) in [4.78, 5) is 33.4. The van der Waals surface area contributed by atoms with E-state index in [-0.39, 0.29) is 11.5 Å². The van der Waals surface area contributed by atoms with Gasteiger partial charge >= 0.3 is 0 Å². The molecular weight excluding hydrogens is 452 g/mol. The molecule has 2 aromatic heterocycles. The van der Waals surface area contributed by atoms with E-state index >= 15 is 0 Å². The van der Waals surface area contributed by atoms with Crippen molar-refractivity contribution in [3.05, 3.63) is 45.2 Å². The average molecular weight is 487 g/mol. The predicted molar refractivity (Wildman–Crippen MR) is 143 cm³/mol. The summed E-state index contributed by atoms with van der Waals surface area (Å²) in [6.45, 7) is 7.85. The number of pyridine rings is 1. The van der Waals surface area contributed by atoms with Crippen LogP contribution in [0.5, 0.6) is 0 Å². The average Bonchev–Trinajstić information content (AvgIpc) is 3.08. The standard InChI is InChI=1S/C25H34N4O2S2/c1-4-7-10-14-26-22-19(23(30)28-15-11-9-13-21(28)27-22)16-20-24(31)29(25(32)33-20)17-18(6-3)12-8-5-2/h9,11,13,15-16,18,26H,4-8,10,12,14,17H2,1-3H3. The first-order valence-corrected chi connectivity index (χ1v) is 13.2. The minimum Gasteiger partial charge on any atom is -0.369 e. The summed E-state index contributed by atoms with van der Waals surface area (Å²) in [5.41, 5.74) is 0.777. The fraction of sp³-hybridized carbons (Fsp3) is 0.520. The molecule has 6 nitrogen and oxygen atoms in total. The van der Waals surface area contributed by atoms with Crippen LogP contribution >= 0.6 is 24.0 Å². The zero-order chi connectivity index (χ0) is 23.8. The van der Waals surface area contributed by atoms with Crippen molar-refractivity contribution >= 4 is 51.7 Å². The van der Waals surface area contributed by atoms with Gasteiger partial charge in [0.2, 0.25) is 0 Å². The summed E-state index contributed by atoms with van der Waals surface area (Å²) in [7, 11) is 0. The number of nitrogens with one attached hydrogen (secondary N) is 1. The zero-order valence-corrected chi connectivity index (χ0v) is 21.4. The molecule has 8 heteroatoms. The molecule has 1 aliphatic heterocycles. The molecule has 0 bridgehead atoms. The number of rotatable bonds is 12. The predicted octanol–water partition coefficient (Wildman–Crippen LogP) is 5.71. The summed E-state index contributed by atoms with van der Waals surface area (Å²) in [6.07, 6.45) is 11.0. The Morgan fingerprint density at radius 2 is 1.94 bits per heavy atom. The Morgan fingerprint density at radius 1 is 1.15 bits per heavy atom. The Bertz CT molecular complexity index is 1080. The fourth-order valence-electron chi connectivity index (χ4n) is 3.91. The lowest BCUT2D eigenvalue weighted by molar-refractivity contribution is -0.122. The van der Waals surface area contributed by atoms with Gasteiger partial charge in [-0.05, 0) is 37.0 Å². The number of hydrogen-bond donors (Lipinski definition) is 1. The van der Waals surface area contributed by atoms with Gasteiger partial charge in [-0.3, -0.25) is 18.9 Å². The molecule has 0 radical (unpaired) electrons. The topological polar surface area (TPSA) is 66.7 Å². The maximum Gasteiger partial charge on any atom is 0.267 e. The van der Waals surface area contributed by atoms with Gasteiger partial charge in [0.05, 0.1) is 10.5 Å². The molecule has 1 amide bonds. The minimum atomic E-state index is -0.196. The largest absolute Gasteiger partial charge is 0.369 e. The van der Waals surface area contributed by atoms with Crippen molar-refractivity contribution in [1.29, 1.82) is 0 Å². The summed E-state index contributed by atoms with van der Waals surface area (Å²) in [5.74, 6) is 0.826. The number of fused-ring (bicyclic) bond motifs is 1. The van der Waals surface area contributed by atoms with E-state index in [0.717, 1.165) is 51.5 Å². The highest BCUT2D eigenvalue weighted by molar-refractivity contribution is 8.26. The first kappa shape index (κ1) is 25.4. The van der Waals surface area contributed by atoms with Crippen LogP contribution in [0.15, 0.2) is 34.1 Å². The Hall–Kier alpha value is -2.19. The second kappa shape index (κ2) is 12.3. The molecule has 3 heterocycles. The monoisotopic (exact) mass is 486 g/mol. The van der Waals surface area contributed by atoms with Crippen LogP contribution < -0.4 is 10.9 Å². The second-order valence-electron chi connectivity index (χ2n) is 8.45. The second-order valence-corrected chi connectivity index (χ2v) is 10.1. The third kappa shape index (κ3) is 6.23. The van der Waals surface area contributed by atoms with Crippen molar-refractivity contribution < 1.29 is 4.79 Å². The normalized spacial score (nSPS) is 16.2. The lowest BCUT2D eigenvalue weighted by Gasteiger charge is -2.21. The SMILES string of the molecule is CCCCCNc1nc2ccccn2c(=O)c1C=C1SC(=S)N(CC(CC)CCCC)C1=O. The third-order valence-electron chi connectivity index (χ3n) is 5.97. The van der Waals surface area contributed by atoms with Crippen molar-refractivity contribution in [2.45, 2.75) is 65.7 Å². The van der Waals surface area contributed by atoms with Crippen molar-refractivity contribution in [2.24, 2.45) is 5.92 Å². The lowest BCUT2D eigenvalue weighted by atomic mass is 9.99. The molecule has 0 saturated carbocycles. The van der Waals surface area contributed by atoms with Gasteiger partial charge in [-0.15, -0.1) is 0 Å². The van der Waals surface area contributed by atoms with Gasteiger partial charge in [-0.2, -0.15) is 0 Å². The number of hydrogen-bond acceptors (Lipinski definition) is 6. The van der Waals surface area contributed by atoms with E-state index in [1.165, 1.54) is 16.2 Å². The van der Waals surface area contributed by atoms with Crippen molar-refractivity contribution in [3.8, 4) is 0 Å². The molecule has 1 atom stereocenters. The number of unbranched alkanes of at least 4 members (excludes halogenated alkanes) is 3. The highest BCUT2D eigenvalue weighted by atomic mass is 32.2. The number of carbonyl (C=O) groups excluding carboxylic acids is 1. The first-order valence-electron chi connectivity index (χ1n) is 12.0. The van der Waals surface area contributed by atoms with E-state index in [0.29, 0.717) is 38.7 Å². The third-order valence-corrected chi connectivity index (χ3v) is 7.35. The summed E-state index contributed by atoms with van der Waals surface area (Å²) in [5, 5.41) is 3.32. The van der Waals surface area contributed by atoms with Gasteiger partial charge in [0.15, 0.2) is 0 Å². The number of amides is 1. The molecule has 0 aliphatic carbocycles. The van der Waals surface area contributed by atoms with Crippen molar-refractivity contribution in [3.63, 3.8) is 0 Å². The van der Waals surface area contributed by atoms with Crippen LogP contribution in [0.1, 0.15) is 71.3 Å². The Kier molecular flexibility index (Phi) is 9.50. The molecule has 2 aromatic rings. The van der Waals surface area contributed by atoms with Crippen LogP contribution in [0, 0.1) is 5.92 Å². The van der Waals surface area contributed by atoms with Crippen LogP contribution in [-0.4, -0.2) is 37.6 Å². The highest BCUT2D eigenvalue weighted by Crippen LogP contribution is 2.34. The van der Waals surface area contributed by atoms with Gasteiger partial charge in [-0.1, -0.05) is 82.9 Å². The molecule has 1 N–H and O–H groups in total. The molecule has 1 unspecified atom stereocenters. The number of thioether (sulfide) groups is 1. The maximum absolute atomic E-state index is 13.3. The molecule has 3 rings (SSSR count). The number of carbonyl (C=O) groups is 1. The van der Waals surface area contributed by atoms with Gasteiger partial charge in [0.1, 0.15) is 15.8 Å². The van der Waals surface area contributed by atoms with Crippen molar-refractivity contribution in [2.75, 3.05) is 18.4 Å². The van der Waals surface area contributed by atoms with Gasteiger partial charge in [0, 0.05) is 19.3 Å². The van der Waals surface area contributed by atoms with E-state index in [1.54, 1.807) is 23.2 Å². The molecule has 0 aromatic carbocycles. The molecule has 33 heavy (non-hydrogen) atoms. The molecule has 1 aliphatic rings. The summed E-state index contributed by atoms with van der Waals surface area (Å²) in [6, 6.07) is 5.47. The summed E-state index contributed by atoms with van der Waals surface area (Å²) < 4.78 is 2.08. The molecule has 0 spiro atoms. The van der Waals surface area contributed by atoms with Gasteiger partial charge in [0.25, 0.3) is 11.5 Å². The van der Waals surface area contributed by atoms with E-state index < -0.39 is 0 Å². The Morgan fingerprint density at radius 3 is 2.67 bits per heavy atom. The molecule has 1 saturated heterocycles. The van der Waals surface area contributed by atoms with Crippen LogP contribution in [0.3, 0.4) is 0 Å². The fourth-order valence-corrected chi connectivity index (χ4v) is 5.17. The zero-order valence-electron chi connectivity index (χ0n) is 19.8. The summed E-state index contributed by atoms with van der Waals surface area (Å²) >= 11 is 6.82. The lowest BCUT2D eigenvalue weighted by Crippen LogP contribution is -2.33. The van der Waals surface area contributed by atoms with Crippen LogP contribution in [0.2, 0.25) is 0 Å².